The van der Waals surface area contributed by atoms with E-state index in [4.69, 9.17) is 4.74 Å². The normalized spacial score (nSPS) is 13.2. The maximum absolute atomic E-state index is 9.33. The summed E-state index contributed by atoms with van der Waals surface area (Å²) in [6.07, 6.45) is -0.431. The molecule has 0 spiro atoms. The van der Waals surface area contributed by atoms with Crippen molar-refractivity contribution in [3.63, 3.8) is 0 Å². The minimum absolute atomic E-state index is 0.366. The standard InChI is InChI=1S/C7H12N2O2S2/c1-5-8-7(13-9-5)12-4-6(10)3-11-2/h6,10H,3-4H2,1-2H3. The van der Waals surface area contributed by atoms with Crippen LogP contribution in [0.4, 0.5) is 0 Å². The number of ether oxygens (including phenoxy) is 1. The second-order valence-electron chi connectivity index (χ2n) is 2.53. The SMILES string of the molecule is COCC(O)CSc1nc(C)ns1. The van der Waals surface area contributed by atoms with Crippen LogP contribution in [0.1, 0.15) is 5.82 Å². The number of aliphatic hydroxyl groups excluding tert-OH is 1. The Morgan fingerprint density at radius 3 is 3.00 bits per heavy atom. The van der Waals surface area contributed by atoms with Gasteiger partial charge in [-0.15, -0.1) is 0 Å². The van der Waals surface area contributed by atoms with Crippen LogP contribution in [0.25, 0.3) is 0 Å². The first kappa shape index (κ1) is 10.9. The third-order valence-electron chi connectivity index (χ3n) is 1.27. The highest BCUT2D eigenvalue weighted by molar-refractivity contribution is 8.00. The maximum Gasteiger partial charge on any atom is 0.170 e. The second-order valence-corrected chi connectivity index (χ2v) is 4.55. The van der Waals surface area contributed by atoms with Gasteiger partial charge in [-0.3, -0.25) is 0 Å². The summed E-state index contributed by atoms with van der Waals surface area (Å²) >= 11 is 2.86. The molecule has 0 saturated carbocycles. The van der Waals surface area contributed by atoms with Crippen LogP contribution < -0.4 is 0 Å². The van der Waals surface area contributed by atoms with Gasteiger partial charge in [-0.05, 0) is 18.5 Å². The average molecular weight is 220 g/mol. The number of hydrogen-bond donors (Lipinski definition) is 1. The van der Waals surface area contributed by atoms with Gasteiger partial charge in [0.25, 0.3) is 0 Å². The highest BCUT2D eigenvalue weighted by Gasteiger charge is 2.06. The third kappa shape index (κ3) is 4.04. The molecule has 6 heteroatoms. The molecule has 1 aromatic rings. The summed E-state index contributed by atoms with van der Waals surface area (Å²) in [4.78, 5) is 4.16. The summed E-state index contributed by atoms with van der Waals surface area (Å²) in [7, 11) is 1.57. The molecule has 0 aliphatic heterocycles. The molecule has 13 heavy (non-hydrogen) atoms. The van der Waals surface area contributed by atoms with Crippen LogP contribution in [0.2, 0.25) is 0 Å². The molecule has 0 aliphatic carbocycles. The van der Waals surface area contributed by atoms with E-state index in [2.05, 4.69) is 9.36 Å². The molecule has 0 amide bonds. The van der Waals surface area contributed by atoms with Gasteiger partial charge in [0.2, 0.25) is 0 Å². The number of aromatic nitrogens is 2. The molecule has 1 rings (SSSR count). The van der Waals surface area contributed by atoms with E-state index in [0.717, 1.165) is 10.2 Å². The largest absolute Gasteiger partial charge is 0.390 e. The van der Waals surface area contributed by atoms with Gasteiger partial charge in [-0.2, -0.15) is 4.37 Å². The molecule has 74 valence electrons. The van der Waals surface area contributed by atoms with Gasteiger partial charge in [0.15, 0.2) is 4.34 Å². The molecule has 0 aliphatic rings. The molecule has 0 aromatic carbocycles. The van der Waals surface area contributed by atoms with Crippen LogP contribution >= 0.6 is 23.3 Å². The zero-order valence-electron chi connectivity index (χ0n) is 7.56. The lowest BCUT2D eigenvalue weighted by Crippen LogP contribution is -2.16. The molecule has 1 N–H and O–H groups in total. The van der Waals surface area contributed by atoms with E-state index in [1.54, 1.807) is 7.11 Å². The minimum Gasteiger partial charge on any atom is -0.390 e. The van der Waals surface area contributed by atoms with Crippen molar-refractivity contribution >= 4 is 23.3 Å². The van der Waals surface area contributed by atoms with Crippen LogP contribution in [0, 0.1) is 6.92 Å². The zero-order chi connectivity index (χ0) is 9.68. The van der Waals surface area contributed by atoms with E-state index in [1.807, 2.05) is 6.92 Å². The smallest absolute Gasteiger partial charge is 0.170 e. The number of aryl methyl sites for hydroxylation is 1. The quantitative estimate of drug-likeness (QED) is 0.749. The summed E-state index contributed by atoms with van der Waals surface area (Å²) in [5, 5.41) is 9.33. The van der Waals surface area contributed by atoms with E-state index >= 15 is 0 Å². The summed E-state index contributed by atoms with van der Waals surface area (Å²) in [6.45, 7) is 2.22. The molecule has 0 radical (unpaired) electrons. The Bertz CT molecular complexity index is 254. The van der Waals surface area contributed by atoms with Gasteiger partial charge in [-0.1, -0.05) is 11.8 Å². The first-order valence-corrected chi connectivity index (χ1v) is 5.58. The molecule has 1 heterocycles. The summed E-state index contributed by atoms with van der Waals surface area (Å²) in [5.74, 6) is 1.39. The van der Waals surface area contributed by atoms with Gasteiger partial charge < -0.3 is 9.84 Å². The van der Waals surface area contributed by atoms with Crippen LogP contribution in [-0.4, -0.2) is 40.0 Å². The predicted molar refractivity (Wildman–Crippen MR) is 53.3 cm³/mol. The number of hydrogen-bond acceptors (Lipinski definition) is 6. The maximum atomic E-state index is 9.33. The fraction of sp³-hybridized carbons (Fsp3) is 0.714. The first-order chi connectivity index (χ1) is 6.22. The molecule has 0 fully saturated rings. The lowest BCUT2D eigenvalue weighted by Gasteiger charge is -2.06. The molecule has 4 nitrogen and oxygen atoms in total. The first-order valence-electron chi connectivity index (χ1n) is 3.82. The lowest BCUT2D eigenvalue weighted by molar-refractivity contribution is 0.0794. The summed E-state index contributed by atoms with van der Waals surface area (Å²) in [6, 6.07) is 0. The Morgan fingerprint density at radius 2 is 2.46 bits per heavy atom. The number of thioether (sulfide) groups is 1. The molecule has 1 unspecified atom stereocenters. The number of methoxy groups -OCH3 is 1. The van der Waals surface area contributed by atoms with Gasteiger partial charge in [0.05, 0.1) is 12.7 Å². The van der Waals surface area contributed by atoms with E-state index in [0.29, 0.717) is 12.4 Å². The van der Waals surface area contributed by atoms with Crippen molar-refractivity contribution in [1.82, 2.24) is 9.36 Å². The fourth-order valence-electron chi connectivity index (χ4n) is 0.745. The Labute approximate surface area is 85.5 Å². The van der Waals surface area contributed by atoms with Crippen molar-refractivity contribution in [2.24, 2.45) is 0 Å². The highest BCUT2D eigenvalue weighted by atomic mass is 32.2. The van der Waals surface area contributed by atoms with Crippen molar-refractivity contribution in [2.45, 2.75) is 17.4 Å². The highest BCUT2D eigenvalue weighted by Crippen LogP contribution is 2.20. The van der Waals surface area contributed by atoms with E-state index in [9.17, 15) is 5.11 Å². The van der Waals surface area contributed by atoms with Crippen molar-refractivity contribution < 1.29 is 9.84 Å². The number of aliphatic hydroxyl groups is 1. The molecule has 0 bridgehead atoms. The summed E-state index contributed by atoms with van der Waals surface area (Å²) < 4.78 is 9.73. The van der Waals surface area contributed by atoms with Crippen LogP contribution in [0.15, 0.2) is 4.34 Å². The van der Waals surface area contributed by atoms with E-state index in [-0.39, 0.29) is 0 Å². The van der Waals surface area contributed by atoms with Crippen molar-refractivity contribution in [3.8, 4) is 0 Å². The van der Waals surface area contributed by atoms with Crippen molar-refractivity contribution in [1.29, 1.82) is 0 Å². The van der Waals surface area contributed by atoms with Gasteiger partial charge in [-0.25, -0.2) is 4.98 Å². The summed E-state index contributed by atoms with van der Waals surface area (Å²) in [5.41, 5.74) is 0. The molecule has 1 aromatic heterocycles. The Kier molecular flexibility index (Phi) is 4.65. The zero-order valence-corrected chi connectivity index (χ0v) is 9.19. The van der Waals surface area contributed by atoms with Gasteiger partial charge in [0.1, 0.15) is 5.82 Å². The Morgan fingerprint density at radius 1 is 1.69 bits per heavy atom. The van der Waals surface area contributed by atoms with Crippen LogP contribution in [0.3, 0.4) is 0 Å². The monoisotopic (exact) mass is 220 g/mol. The molecular formula is C7H12N2O2S2. The molecular weight excluding hydrogens is 208 g/mol. The second kappa shape index (κ2) is 5.54. The van der Waals surface area contributed by atoms with E-state index in [1.165, 1.54) is 23.3 Å². The van der Waals surface area contributed by atoms with Crippen molar-refractivity contribution in [3.05, 3.63) is 5.82 Å². The Hall–Kier alpha value is -0.170. The molecule has 1 atom stereocenters. The third-order valence-corrected chi connectivity index (χ3v) is 3.34. The average Bonchev–Trinajstić information content (AvgIpc) is 2.49. The van der Waals surface area contributed by atoms with Gasteiger partial charge in [0, 0.05) is 12.9 Å². The van der Waals surface area contributed by atoms with Crippen molar-refractivity contribution in [2.75, 3.05) is 19.5 Å². The number of rotatable bonds is 5. The fourth-order valence-corrected chi connectivity index (χ4v) is 2.32. The van der Waals surface area contributed by atoms with Gasteiger partial charge >= 0.3 is 0 Å². The van der Waals surface area contributed by atoms with Crippen LogP contribution in [0.5, 0.6) is 0 Å². The molecule has 0 saturated heterocycles. The Balaban J connectivity index is 2.26. The topological polar surface area (TPSA) is 55.2 Å². The van der Waals surface area contributed by atoms with E-state index < -0.39 is 6.10 Å². The predicted octanol–water partition coefficient (Wildman–Crippen LogP) is 0.946. The lowest BCUT2D eigenvalue weighted by atomic mass is 10.4. The number of nitrogens with zero attached hydrogens (tertiary/aromatic N) is 2. The minimum atomic E-state index is -0.431. The van der Waals surface area contributed by atoms with Crippen LogP contribution in [-0.2, 0) is 4.74 Å².